The predicted octanol–water partition coefficient (Wildman–Crippen LogP) is -0.570. The highest BCUT2D eigenvalue weighted by Crippen LogP contribution is 1.98. The monoisotopic (exact) mass is 199 g/mol. The van der Waals surface area contributed by atoms with Gasteiger partial charge in [-0.15, -0.1) is 0 Å². The van der Waals surface area contributed by atoms with E-state index in [-0.39, 0.29) is 17.3 Å². The molecular formula is C6H9N5OS. The minimum Gasteiger partial charge on any atom is -0.393 e. The molecule has 0 bridgehead atoms. The third-order valence-electron chi connectivity index (χ3n) is 1.30. The van der Waals surface area contributed by atoms with Gasteiger partial charge in [-0.2, -0.15) is 10.1 Å². The molecule has 7 heteroatoms. The Bertz CT molecular complexity index is 334. The van der Waals surface area contributed by atoms with Crippen LogP contribution in [0.4, 0.5) is 5.95 Å². The number of carbonyl (C=O) groups excluding carboxylic acids is 1. The van der Waals surface area contributed by atoms with Crippen molar-refractivity contribution in [3.05, 3.63) is 6.33 Å². The van der Waals surface area contributed by atoms with Crippen LogP contribution in [-0.2, 0) is 11.8 Å². The van der Waals surface area contributed by atoms with E-state index >= 15 is 0 Å². The molecule has 0 fully saturated rings. The van der Waals surface area contributed by atoms with Crippen LogP contribution in [0.5, 0.6) is 0 Å². The van der Waals surface area contributed by atoms with Crippen molar-refractivity contribution in [3.63, 3.8) is 0 Å². The topological polar surface area (TPSA) is 85.8 Å². The van der Waals surface area contributed by atoms with E-state index in [1.54, 1.807) is 7.05 Å². The third kappa shape index (κ3) is 2.79. The first-order valence-electron chi connectivity index (χ1n) is 3.51. The summed E-state index contributed by atoms with van der Waals surface area (Å²) in [6.07, 6.45) is 1.36. The maximum Gasteiger partial charge on any atom is 0.233 e. The van der Waals surface area contributed by atoms with Crippen molar-refractivity contribution in [2.45, 2.75) is 6.42 Å². The van der Waals surface area contributed by atoms with Gasteiger partial charge in [0.15, 0.2) is 0 Å². The summed E-state index contributed by atoms with van der Waals surface area (Å²) >= 11 is 4.57. The van der Waals surface area contributed by atoms with Gasteiger partial charge in [-0.05, 0) is 0 Å². The SMILES string of the molecule is Cn1ncnc1NC(=O)CC(N)=S. The van der Waals surface area contributed by atoms with Crippen molar-refractivity contribution in [1.82, 2.24) is 14.8 Å². The van der Waals surface area contributed by atoms with Crippen LogP contribution < -0.4 is 11.1 Å². The van der Waals surface area contributed by atoms with E-state index in [1.807, 2.05) is 0 Å². The standard InChI is InChI=1S/C6H9N5OS/c1-11-6(8-3-9-11)10-5(12)2-4(7)13/h3H,2H2,1H3,(H2,7,13)(H,8,9,10,12). The number of aryl methyl sites for hydroxylation is 1. The fourth-order valence-electron chi connectivity index (χ4n) is 0.737. The van der Waals surface area contributed by atoms with E-state index in [1.165, 1.54) is 11.0 Å². The van der Waals surface area contributed by atoms with Crippen molar-refractivity contribution in [2.24, 2.45) is 12.8 Å². The second-order valence-corrected chi connectivity index (χ2v) is 2.92. The van der Waals surface area contributed by atoms with Gasteiger partial charge in [-0.3, -0.25) is 10.1 Å². The van der Waals surface area contributed by atoms with E-state index in [0.29, 0.717) is 5.95 Å². The third-order valence-corrected chi connectivity index (χ3v) is 1.44. The molecule has 1 aromatic rings. The Morgan fingerprint density at radius 2 is 2.54 bits per heavy atom. The van der Waals surface area contributed by atoms with Gasteiger partial charge < -0.3 is 5.73 Å². The molecule has 70 valence electrons. The molecule has 0 saturated carbocycles. The second kappa shape index (κ2) is 3.94. The number of amides is 1. The predicted molar refractivity (Wildman–Crippen MR) is 51.0 cm³/mol. The first-order valence-corrected chi connectivity index (χ1v) is 3.92. The van der Waals surface area contributed by atoms with Crippen LogP contribution in [-0.4, -0.2) is 25.7 Å². The van der Waals surface area contributed by atoms with Crippen molar-refractivity contribution in [3.8, 4) is 0 Å². The molecule has 0 atom stereocenters. The lowest BCUT2D eigenvalue weighted by Gasteiger charge is -2.01. The molecule has 3 N–H and O–H groups in total. The summed E-state index contributed by atoms with van der Waals surface area (Å²) in [7, 11) is 1.67. The first-order chi connectivity index (χ1) is 6.09. The number of nitrogens with zero attached hydrogens (tertiary/aromatic N) is 3. The molecule has 0 saturated heterocycles. The molecule has 1 rings (SSSR count). The van der Waals surface area contributed by atoms with Crippen molar-refractivity contribution in [2.75, 3.05) is 5.32 Å². The highest BCUT2D eigenvalue weighted by Gasteiger charge is 2.06. The van der Waals surface area contributed by atoms with Crippen LogP contribution >= 0.6 is 12.2 Å². The van der Waals surface area contributed by atoms with Gasteiger partial charge in [-0.25, -0.2) is 4.68 Å². The van der Waals surface area contributed by atoms with Gasteiger partial charge in [0.2, 0.25) is 11.9 Å². The van der Waals surface area contributed by atoms with E-state index in [9.17, 15) is 4.79 Å². The van der Waals surface area contributed by atoms with Gasteiger partial charge in [0.05, 0.1) is 11.4 Å². The zero-order chi connectivity index (χ0) is 9.84. The van der Waals surface area contributed by atoms with E-state index < -0.39 is 0 Å². The smallest absolute Gasteiger partial charge is 0.233 e. The lowest BCUT2D eigenvalue weighted by atomic mass is 10.4. The number of anilines is 1. The molecule has 6 nitrogen and oxygen atoms in total. The molecule has 0 aliphatic carbocycles. The fraction of sp³-hybridized carbons (Fsp3) is 0.333. The van der Waals surface area contributed by atoms with E-state index in [2.05, 4.69) is 27.6 Å². The van der Waals surface area contributed by atoms with Gasteiger partial charge in [0.25, 0.3) is 0 Å². The van der Waals surface area contributed by atoms with Crippen molar-refractivity contribution >= 4 is 29.1 Å². The Hall–Kier alpha value is -1.50. The van der Waals surface area contributed by atoms with Crippen LogP contribution in [0.25, 0.3) is 0 Å². The Morgan fingerprint density at radius 3 is 3.00 bits per heavy atom. The van der Waals surface area contributed by atoms with Gasteiger partial charge >= 0.3 is 0 Å². The summed E-state index contributed by atoms with van der Waals surface area (Å²) in [5, 5.41) is 6.28. The average Bonchev–Trinajstić information content (AvgIpc) is 2.34. The number of aromatic nitrogens is 3. The molecule has 1 amide bonds. The number of rotatable bonds is 3. The van der Waals surface area contributed by atoms with E-state index in [4.69, 9.17) is 5.73 Å². The number of nitrogens with one attached hydrogen (secondary N) is 1. The van der Waals surface area contributed by atoms with Gasteiger partial charge in [0.1, 0.15) is 6.33 Å². The molecule has 0 spiro atoms. The van der Waals surface area contributed by atoms with Crippen LogP contribution in [0.2, 0.25) is 0 Å². The van der Waals surface area contributed by atoms with Crippen LogP contribution in [0.1, 0.15) is 6.42 Å². The maximum absolute atomic E-state index is 11.1. The molecule has 0 aliphatic heterocycles. The number of nitrogens with two attached hydrogens (primary N) is 1. The van der Waals surface area contributed by atoms with Crippen molar-refractivity contribution in [1.29, 1.82) is 0 Å². The lowest BCUT2D eigenvalue weighted by molar-refractivity contribution is -0.115. The summed E-state index contributed by atoms with van der Waals surface area (Å²) in [4.78, 5) is 15.1. The first kappa shape index (κ1) is 9.59. The molecule has 0 aliphatic rings. The molecule has 1 heterocycles. The van der Waals surface area contributed by atoms with Gasteiger partial charge in [0, 0.05) is 7.05 Å². The Morgan fingerprint density at radius 1 is 1.85 bits per heavy atom. The number of thiocarbonyl (C=S) groups is 1. The molecule has 0 radical (unpaired) electrons. The molecule has 13 heavy (non-hydrogen) atoms. The summed E-state index contributed by atoms with van der Waals surface area (Å²) < 4.78 is 1.44. The number of carbonyl (C=O) groups is 1. The minimum atomic E-state index is -0.288. The van der Waals surface area contributed by atoms with Crippen LogP contribution in [0.3, 0.4) is 0 Å². The summed E-state index contributed by atoms with van der Waals surface area (Å²) in [5.74, 6) is 0.0878. The quantitative estimate of drug-likeness (QED) is 0.637. The summed E-state index contributed by atoms with van der Waals surface area (Å²) in [6, 6.07) is 0. The molecule has 1 aromatic heterocycles. The van der Waals surface area contributed by atoms with Crippen LogP contribution in [0, 0.1) is 0 Å². The highest BCUT2D eigenvalue weighted by molar-refractivity contribution is 7.80. The van der Waals surface area contributed by atoms with Crippen molar-refractivity contribution < 1.29 is 4.79 Å². The van der Waals surface area contributed by atoms with Gasteiger partial charge in [-0.1, -0.05) is 12.2 Å². The number of hydrogen-bond donors (Lipinski definition) is 2. The molecule has 0 unspecified atom stereocenters. The maximum atomic E-state index is 11.1. The normalized spacial score (nSPS) is 9.62. The molecular weight excluding hydrogens is 190 g/mol. The highest BCUT2D eigenvalue weighted by atomic mass is 32.1. The Labute approximate surface area is 80.1 Å². The summed E-state index contributed by atoms with van der Waals surface area (Å²) in [6.45, 7) is 0. The Kier molecular flexibility index (Phi) is 2.91. The number of hydrogen-bond acceptors (Lipinski definition) is 4. The average molecular weight is 199 g/mol. The summed E-state index contributed by atoms with van der Waals surface area (Å²) in [5.41, 5.74) is 5.19. The zero-order valence-corrected chi connectivity index (χ0v) is 7.84. The Balaban J connectivity index is 2.55. The fourth-order valence-corrected chi connectivity index (χ4v) is 0.868. The molecule has 0 aromatic carbocycles. The largest absolute Gasteiger partial charge is 0.393 e. The lowest BCUT2D eigenvalue weighted by Crippen LogP contribution is -2.21. The second-order valence-electron chi connectivity index (χ2n) is 2.40. The van der Waals surface area contributed by atoms with E-state index in [0.717, 1.165) is 0 Å². The zero-order valence-electron chi connectivity index (χ0n) is 7.02. The van der Waals surface area contributed by atoms with Crippen LogP contribution in [0.15, 0.2) is 6.33 Å². The minimum absolute atomic E-state index is 0.0161.